The number of rotatable bonds is 6. The number of thiocarbonyl (C=S) groups is 1. The van der Waals surface area contributed by atoms with Crippen LogP contribution in [-0.4, -0.2) is 59.3 Å². The molecule has 1 fully saturated rings. The van der Waals surface area contributed by atoms with Gasteiger partial charge in [0, 0.05) is 55.3 Å². The second-order valence-electron chi connectivity index (χ2n) is 6.17. The van der Waals surface area contributed by atoms with Crippen LogP contribution in [0.1, 0.15) is 5.56 Å². The summed E-state index contributed by atoms with van der Waals surface area (Å²) < 4.78 is 6.48. The van der Waals surface area contributed by atoms with Gasteiger partial charge < -0.3 is 15.0 Å². The van der Waals surface area contributed by atoms with Crippen molar-refractivity contribution in [3.05, 3.63) is 58.8 Å². The van der Waals surface area contributed by atoms with E-state index in [-0.39, 0.29) is 0 Å². The van der Waals surface area contributed by atoms with Crippen molar-refractivity contribution in [2.24, 2.45) is 0 Å². The summed E-state index contributed by atoms with van der Waals surface area (Å²) in [4.78, 5) is 8.73. The molecule has 7 heteroatoms. The van der Waals surface area contributed by atoms with E-state index in [1.807, 2.05) is 48.8 Å². The molecule has 1 aliphatic heterocycles. The third kappa shape index (κ3) is 6.02. The van der Waals surface area contributed by atoms with Crippen molar-refractivity contribution in [2.75, 3.05) is 44.7 Å². The first-order chi connectivity index (χ1) is 12.7. The smallest absolute Gasteiger partial charge is 0.173 e. The second-order valence-corrected chi connectivity index (χ2v) is 7.47. The molecule has 2 heterocycles. The Hall–Kier alpha value is -1.54. The van der Waals surface area contributed by atoms with Gasteiger partial charge in [-0.3, -0.25) is 9.88 Å². The van der Waals surface area contributed by atoms with Crippen LogP contribution in [0.4, 0.5) is 5.69 Å². The van der Waals surface area contributed by atoms with Crippen molar-refractivity contribution in [1.82, 2.24) is 14.8 Å². The molecule has 3 rings (SSSR count). The van der Waals surface area contributed by atoms with E-state index in [0.717, 1.165) is 61.2 Å². The van der Waals surface area contributed by atoms with Crippen LogP contribution in [0.5, 0.6) is 0 Å². The lowest BCUT2D eigenvalue weighted by Crippen LogP contribution is -2.43. The Labute approximate surface area is 168 Å². The number of hydrogen-bond donors (Lipinski definition) is 1. The number of anilines is 1. The minimum absolute atomic E-state index is 0.734. The van der Waals surface area contributed by atoms with Gasteiger partial charge >= 0.3 is 0 Å². The van der Waals surface area contributed by atoms with Crippen molar-refractivity contribution in [3.63, 3.8) is 0 Å². The Bertz CT molecular complexity index is 692. The first-order valence-electron chi connectivity index (χ1n) is 8.71. The maximum absolute atomic E-state index is 5.70. The Kier molecular flexibility index (Phi) is 7.37. The summed E-state index contributed by atoms with van der Waals surface area (Å²) >= 11 is 9.16. The third-order valence-corrected chi connectivity index (χ3v) is 5.18. The normalized spacial score (nSPS) is 14.8. The molecular weight excluding hydrogens is 412 g/mol. The summed E-state index contributed by atoms with van der Waals surface area (Å²) in [5.74, 6) is 0. The molecule has 1 N–H and O–H groups in total. The molecule has 0 atom stereocenters. The van der Waals surface area contributed by atoms with Gasteiger partial charge in [-0.15, -0.1) is 0 Å². The molecule has 1 aromatic heterocycles. The van der Waals surface area contributed by atoms with Gasteiger partial charge in [-0.1, -0.05) is 15.9 Å². The molecule has 1 aromatic carbocycles. The van der Waals surface area contributed by atoms with Crippen molar-refractivity contribution in [2.45, 2.75) is 6.54 Å². The van der Waals surface area contributed by atoms with Crippen LogP contribution >= 0.6 is 28.1 Å². The highest BCUT2D eigenvalue weighted by Crippen LogP contribution is 2.15. The SMILES string of the molecule is S=C(Nc1ccc(Br)cc1)N(CCN1CCOCC1)Cc1ccncc1. The lowest BCUT2D eigenvalue weighted by molar-refractivity contribution is 0.0358. The zero-order chi connectivity index (χ0) is 18.2. The summed E-state index contributed by atoms with van der Waals surface area (Å²) in [5.41, 5.74) is 2.19. The molecule has 0 saturated carbocycles. The number of nitrogens with one attached hydrogen (secondary N) is 1. The maximum atomic E-state index is 5.70. The van der Waals surface area contributed by atoms with Gasteiger partial charge in [0.05, 0.1) is 13.2 Å². The van der Waals surface area contributed by atoms with Crippen LogP contribution < -0.4 is 5.32 Å². The number of pyridine rings is 1. The minimum atomic E-state index is 0.734. The van der Waals surface area contributed by atoms with E-state index in [9.17, 15) is 0 Å². The van der Waals surface area contributed by atoms with Crippen LogP contribution in [0, 0.1) is 0 Å². The highest BCUT2D eigenvalue weighted by Gasteiger charge is 2.15. The molecule has 26 heavy (non-hydrogen) atoms. The van der Waals surface area contributed by atoms with Crippen molar-refractivity contribution in [1.29, 1.82) is 0 Å². The van der Waals surface area contributed by atoms with Crippen molar-refractivity contribution >= 4 is 38.9 Å². The van der Waals surface area contributed by atoms with Gasteiger partial charge in [-0.2, -0.15) is 0 Å². The highest BCUT2D eigenvalue weighted by molar-refractivity contribution is 9.10. The molecule has 1 aliphatic rings. The van der Waals surface area contributed by atoms with Crippen LogP contribution in [-0.2, 0) is 11.3 Å². The molecule has 1 saturated heterocycles. The van der Waals surface area contributed by atoms with Crippen molar-refractivity contribution < 1.29 is 4.74 Å². The average molecular weight is 435 g/mol. The number of halogens is 1. The number of morpholine rings is 1. The highest BCUT2D eigenvalue weighted by atomic mass is 79.9. The van der Waals surface area contributed by atoms with Crippen LogP contribution in [0.25, 0.3) is 0 Å². The van der Waals surface area contributed by atoms with E-state index in [1.165, 1.54) is 5.56 Å². The lowest BCUT2D eigenvalue weighted by Gasteiger charge is -2.31. The van der Waals surface area contributed by atoms with Gasteiger partial charge in [0.25, 0.3) is 0 Å². The number of benzene rings is 1. The molecule has 2 aromatic rings. The fourth-order valence-corrected chi connectivity index (χ4v) is 3.32. The van der Waals surface area contributed by atoms with Gasteiger partial charge in [0.1, 0.15) is 0 Å². The summed E-state index contributed by atoms with van der Waals surface area (Å²) in [6.45, 7) is 6.18. The number of nitrogens with zero attached hydrogens (tertiary/aromatic N) is 3. The Balaban J connectivity index is 1.64. The van der Waals surface area contributed by atoms with Crippen LogP contribution in [0.3, 0.4) is 0 Å². The van der Waals surface area contributed by atoms with E-state index in [2.05, 4.69) is 36.0 Å². The Morgan fingerprint density at radius 2 is 1.85 bits per heavy atom. The van der Waals surface area contributed by atoms with Gasteiger partial charge in [-0.25, -0.2) is 0 Å². The van der Waals surface area contributed by atoms with Gasteiger partial charge in [0.2, 0.25) is 0 Å². The summed E-state index contributed by atoms with van der Waals surface area (Å²) in [6, 6.07) is 12.1. The third-order valence-electron chi connectivity index (χ3n) is 4.30. The quantitative estimate of drug-likeness (QED) is 0.702. The van der Waals surface area contributed by atoms with Crippen LogP contribution in [0.15, 0.2) is 53.3 Å². The predicted molar refractivity (Wildman–Crippen MR) is 112 cm³/mol. The van der Waals surface area contributed by atoms with E-state index < -0.39 is 0 Å². The monoisotopic (exact) mass is 434 g/mol. The number of hydrogen-bond acceptors (Lipinski definition) is 4. The summed E-state index contributed by atoms with van der Waals surface area (Å²) in [7, 11) is 0. The first kappa shape index (κ1) is 19.2. The van der Waals surface area contributed by atoms with Crippen LogP contribution in [0.2, 0.25) is 0 Å². The minimum Gasteiger partial charge on any atom is -0.379 e. The summed E-state index contributed by atoms with van der Waals surface area (Å²) in [6.07, 6.45) is 3.64. The first-order valence-corrected chi connectivity index (χ1v) is 9.91. The molecule has 0 amide bonds. The molecule has 138 valence electrons. The van der Waals surface area contributed by atoms with Gasteiger partial charge in [0.15, 0.2) is 5.11 Å². The fraction of sp³-hybridized carbons (Fsp3) is 0.368. The standard InChI is InChI=1S/C19H23BrN4OS/c20-17-1-3-18(4-2-17)22-19(26)24(15-16-5-7-21-8-6-16)10-9-23-11-13-25-14-12-23/h1-8H,9-15H2,(H,22,26). The molecule has 0 bridgehead atoms. The molecule has 0 unspecified atom stereocenters. The molecule has 0 radical (unpaired) electrons. The largest absolute Gasteiger partial charge is 0.379 e. The lowest BCUT2D eigenvalue weighted by atomic mass is 10.2. The zero-order valence-corrected chi connectivity index (χ0v) is 17.0. The van der Waals surface area contributed by atoms with Gasteiger partial charge in [-0.05, 0) is 54.2 Å². The second kappa shape index (κ2) is 9.97. The van der Waals surface area contributed by atoms with E-state index >= 15 is 0 Å². The predicted octanol–water partition coefficient (Wildman–Crippen LogP) is 3.38. The molecule has 5 nitrogen and oxygen atoms in total. The van der Waals surface area contributed by atoms with E-state index in [4.69, 9.17) is 17.0 Å². The average Bonchev–Trinajstić information content (AvgIpc) is 2.68. The number of aromatic nitrogens is 1. The Morgan fingerprint density at radius 1 is 1.15 bits per heavy atom. The topological polar surface area (TPSA) is 40.6 Å². The Morgan fingerprint density at radius 3 is 2.54 bits per heavy atom. The zero-order valence-electron chi connectivity index (χ0n) is 14.6. The summed E-state index contributed by atoms with van der Waals surface area (Å²) in [5, 5.41) is 4.09. The number of ether oxygens (including phenoxy) is 1. The van der Waals surface area contributed by atoms with E-state index in [0.29, 0.717) is 0 Å². The van der Waals surface area contributed by atoms with E-state index in [1.54, 1.807) is 0 Å². The molecular formula is C19H23BrN4OS. The maximum Gasteiger partial charge on any atom is 0.173 e. The fourth-order valence-electron chi connectivity index (χ4n) is 2.78. The van der Waals surface area contributed by atoms with Crippen molar-refractivity contribution in [3.8, 4) is 0 Å². The molecule has 0 aliphatic carbocycles. The molecule has 0 spiro atoms.